The second-order valence-electron chi connectivity index (χ2n) is 4.62. The minimum Gasteiger partial charge on any atom is -0.315 e. The van der Waals surface area contributed by atoms with E-state index in [9.17, 15) is 4.79 Å². The van der Waals surface area contributed by atoms with E-state index in [0.29, 0.717) is 6.54 Å². The van der Waals surface area contributed by atoms with Crippen molar-refractivity contribution >= 4 is 0 Å². The summed E-state index contributed by atoms with van der Waals surface area (Å²) in [6, 6.07) is 1.95. The molecule has 4 nitrogen and oxygen atoms in total. The molecule has 0 aliphatic heterocycles. The van der Waals surface area contributed by atoms with Gasteiger partial charge in [0, 0.05) is 24.5 Å². The predicted octanol–water partition coefficient (Wildman–Crippen LogP) is 0.860. The minimum atomic E-state index is -0.134. The van der Waals surface area contributed by atoms with Gasteiger partial charge in [0.2, 0.25) is 0 Å². The molecule has 0 radical (unpaired) electrons. The number of hydrogen-bond donors (Lipinski definition) is 1. The van der Waals surface area contributed by atoms with Crippen molar-refractivity contribution in [3.8, 4) is 0 Å². The van der Waals surface area contributed by atoms with Crippen LogP contribution in [0.2, 0.25) is 0 Å². The van der Waals surface area contributed by atoms with Crippen molar-refractivity contribution in [3.63, 3.8) is 0 Å². The molecule has 1 aromatic heterocycles. The van der Waals surface area contributed by atoms with Gasteiger partial charge < -0.3 is 5.32 Å². The smallest absolute Gasteiger partial charge is 0.315 e. The van der Waals surface area contributed by atoms with E-state index < -0.39 is 0 Å². The third kappa shape index (κ3) is 2.92. The van der Waals surface area contributed by atoms with Gasteiger partial charge in [0.25, 0.3) is 0 Å². The molecule has 0 amide bonds. The first kappa shape index (κ1) is 11.3. The summed E-state index contributed by atoms with van der Waals surface area (Å²) in [6.07, 6.45) is 2.72. The van der Waals surface area contributed by atoms with Crippen molar-refractivity contribution in [3.05, 3.63) is 27.9 Å². The number of hydrogen-bond acceptors (Lipinski definition) is 3. The summed E-state index contributed by atoms with van der Waals surface area (Å²) >= 11 is 0. The topological polar surface area (TPSA) is 46.9 Å². The number of nitrogens with one attached hydrogen (secondary N) is 1. The third-order valence-electron chi connectivity index (χ3n) is 2.99. The Labute approximate surface area is 95.7 Å². The molecule has 1 fully saturated rings. The van der Waals surface area contributed by atoms with Crippen LogP contribution in [0.1, 0.15) is 24.2 Å². The molecule has 1 saturated carbocycles. The fourth-order valence-electron chi connectivity index (χ4n) is 1.87. The van der Waals surface area contributed by atoms with Gasteiger partial charge in [0.05, 0.1) is 0 Å². The molecule has 1 aromatic rings. The molecule has 2 rings (SSSR count). The lowest BCUT2D eigenvalue weighted by molar-refractivity contribution is 0.549. The Balaban J connectivity index is 1.89. The molecule has 1 aliphatic carbocycles. The van der Waals surface area contributed by atoms with Gasteiger partial charge in [-0.3, -0.25) is 4.57 Å². The lowest BCUT2D eigenvalue weighted by Crippen LogP contribution is -2.31. The van der Waals surface area contributed by atoms with Crippen molar-refractivity contribution in [1.29, 1.82) is 0 Å². The quantitative estimate of drug-likeness (QED) is 0.750. The van der Waals surface area contributed by atoms with Gasteiger partial charge in [-0.2, -0.15) is 4.98 Å². The van der Waals surface area contributed by atoms with Crippen molar-refractivity contribution < 1.29 is 0 Å². The molecule has 0 spiro atoms. The highest BCUT2D eigenvalue weighted by molar-refractivity contribution is 5.06. The SMILES string of the molecule is Cc1cc(C)n(CCNCC2CC2)c(=O)n1. The minimum absolute atomic E-state index is 0.134. The molecule has 0 aromatic carbocycles. The molecule has 0 unspecified atom stereocenters. The van der Waals surface area contributed by atoms with Gasteiger partial charge >= 0.3 is 5.69 Å². The van der Waals surface area contributed by atoms with E-state index in [1.807, 2.05) is 19.9 Å². The van der Waals surface area contributed by atoms with Crippen molar-refractivity contribution in [2.75, 3.05) is 13.1 Å². The average Bonchev–Trinajstić information content (AvgIpc) is 2.98. The Morgan fingerprint density at radius 2 is 2.25 bits per heavy atom. The normalized spacial score (nSPS) is 15.4. The molecule has 4 heteroatoms. The summed E-state index contributed by atoms with van der Waals surface area (Å²) in [5.41, 5.74) is 1.65. The highest BCUT2D eigenvalue weighted by Crippen LogP contribution is 2.27. The summed E-state index contributed by atoms with van der Waals surface area (Å²) in [4.78, 5) is 15.6. The van der Waals surface area contributed by atoms with Gasteiger partial charge in [0.1, 0.15) is 0 Å². The van der Waals surface area contributed by atoms with Crippen molar-refractivity contribution in [2.24, 2.45) is 5.92 Å². The monoisotopic (exact) mass is 221 g/mol. The Kier molecular flexibility index (Phi) is 3.39. The second kappa shape index (κ2) is 4.78. The van der Waals surface area contributed by atoms with E-state index in [2.05, 4.69) is 10.3 Å². The molecule has 0 saturated heterocycles. The van der Waals surface area contributed by atoms with E-state index in [-0.39, 0.29) is 5.69 Å². The second-order valence-corrected chi connectivity index (χ2v) is 4.62. The van der Waals surface area contributed by atoms with Crippen LogP contribution in [0.5, 0.6) is 0 Å². The Morgan fingerprint density at radius 1 is 1.50 bits per heavy atom. The molecule has 88 valence electrons. The molecule has 0 bridgehead atoms. The van der Waals surface area contributed by atoms with Crippen LogP contribution in [0.3, 0.4) is 0 Å². The maximum Gasteiger partial charge on any atom is 0.347 e. The lowest BCUT2D eigenvalue weighted by Gasteiger charge is -2.10. The van der Waals surface area contributed by atoms with E-state index in [4.69, 9.17) is 0 Å². The van der Waals surface area contributed by atoms with Gasteiger partial charge in [0.15, 0.2) is 0 Å². The Bertz CT molecular complexity index is 421. The summed E-state index contributed by atoms with van der Waals surface area (Å²) in [6.45, 7) is 6.46. The van der Waals surface area contributed by atoms with E-state index in [0.717, 1.165) is 30.4 Å². The highest BCUT2D eigenvalue weighted by Gasteiger charge is 2.19. The Morgan fingerprint density at radius 3 is 2.88 bits per heavy atom. The van der Waals surface area contributed by atoms with Crippen LogP contribution >= 0.6 is 0 Å². The summed E-state index contributed by atoms with van der Waals surface area (Å²) in [7, 11) is 0. The van der Waals surface area contributed by atoms with Crippen LogP contribution in [0.4, 0.5) is 0 Å². The molecular formula is C12H19N3O. The van der Waals surface area contributed by atoms with E-state index in [1.165, 1.54) is 12.8 Å². The summed E-state index contributed by atoms with van der Waals surface area (Å²) in [5.74, 6) is 0.883. The number of aromatic nitrogens is 2. The van der Waals surface area contributed by atoms with Crippen molar-refractivity contribution in [1.82, 2.24) is 14.9 Å². The largest absolute Gasteiger partial charge is 0.347 e. The highest BCUT2D eigenvalue weighted by atomic mass is 16.1. The molecule has 1 aliphatic rings. The number of aryl methyl sites for hydroxylation is 2. The Hall–Kier alpha value is -1.16. The van der Waals surface area contributed by atoms with Crippen LogP contribution in [0, 0.1) is 19.8 Å². The van der Waals surface area contributed by atoms with E-state index in [1.54, 1.807) is 4.57 Å². The lowest BCUT2D eigenvalue weighted by atomic mass is 10.3. The molecule has 1 heterocycles. The molecule has 0 atom stereocenters. The molecule has 1 N–H and O–H groups in total. The van der Waals surface area contributed by atoms with E-state index >= 15 is 0 Å². The van der Waals surface area contributed by atoms with Gasteiger partial charge in [-0.15, -0.1) is 0 Å². The first-order valence-electron chi connectivity index (χ1n) is 5.92. The van der Waals surface area contributed by atoms with Gasteiger partial charge in [-0.1, -0.05) is 0 Å². The zero-order valence-electron chi connectivity index (χ0n) is 9.99. The summed E-state index contributed by atoms with van der Waals surface area (Å²) in [5, 5.41) is 3.38. The van der Waals surface area contributed by atoms with Gasteiger partial charge in [-0.05, 0) is 45.2 Å². The van der Waals surface area contributed by atoms with Crippen LogP contribution in [-0.2, 0) is 6.54 Å². The van der Waals surface area contributed by atoms with Crippen LogP contribution < -0.4 is 11.0 Å². The maximum atomic E-state index is 11.6. The fraction of sp³-hybridized carbons (Fsp3) is 0.667. The fourth-order valence-corrected chi connectivity index (χ4v) is 1.87. The molecule has 16 heavy (non-hydrogen) atoms. The zero-order valence-corrected chi connectivity index (χ0v) is 9.99. The van der Waals surface area contributed by atoms with Crippen LogP contribution in [0.25, 0.3) is 0 Å². The number of nitrogens with zero attached hydrogens (tertiary/aromatic N) is 2. The third-order valence-corrected chi connectivity index (χ3v) is 2.99. The standard InChI is InChI=1S/C12H19N3O/c1-9-7-10(2)15(12(16)14-9)6-5-13-8-11-3-4-11/h7,11,13H,3-6,8H2,1-2H3. The van der Waals surface area contributed by atoms with Crippen LogP contribution in [0.15, 0.2) is 10.9 Å². The first-order valence-corrected chi connectivity index (χ1v) is 5.92. The van der Waals surface area contributed by atoms with Gasteiger partial charge in [-0.25, -0.2) is 4.79 Å². The molecular weight excluding hydrogens is 202 g/mol. The van der Waals surface area contributed by atoms with Crippen LogP contribution in [-0.4, -0.2) is 22.6 Å². The maximum absolute atomic E-state index is 11.6. The predicted molar refractivity (Wildman–Crippen MR) is 63.6 cm³/mol. The average molecular weight is 221 g/mol. The first-order chi connectivity index (χ1) is 7.66. The van der Waals surface area contributed by atoms with Crippen molar-refractivity contribution in [2.45, 2.75) is 33.2 Å². The zero-order chi connectivity index (χ0) is 11.5. The number of rotatable bonds is 5. The summed E-state index contributed by atoms with van der Waals surface area (Å²) < 4.78 is 1.73.